The van der Waals surface area contributed by atoms with E-state index in [2.05, 4.69) is 50.6 Å². The molecule has 0 N–H and O–H groups in total. The van der Waals surface area contributed by atoms with Crippen molar-refractivity contribution in [1.29, 1.82) is 0 Å². The summed E-state index contributed by atoms with van der Waals surface area (Å²) in [5.74, 6) is 1.38. The molecule has 0 aliphatic carbocycles. The molecule has 2 aromatic heterocycles. The van der Waals surface area contributed by atoms with Gasteiger partial charge >= 0.3 is 0 Å². The van der Waals surface area contributed by atoms with Gasteiger partial charge in [0.25, 0.3) is 0 Å². The Kier molecular flexibility index (Phi) is 4.69. The zero-order chi connectivity index (χ0) is 14.0. The fourth-order valence-corrected chi connectivity index (χ4v) is 4.64. The topological polar surface area (TPSA) is 3.24 Å². The van der Waals surface area contributed by atoms with Crippen LogP contribution in [0.4, 0.5) is 5.00 Å². The molecule has 2 aromatic rings. The van der Waals surface area contributed by atoms with Crippen LogP contribution in [-0.4, -0.2) is 13.1 Å². The molecule has 0 radical (unpaired) electrons. The van der Waals surface area contributed by atoms with Crippen LogP contribution < -0.4 is 4.90 Å². The summed E-state index contributed by atoms with van der Waals surface area (Å²) >= 11 is 3.74. The fraction of sp³-hybridized carbons (Fsp3) is 0.500. The lowest BCUT2D eigenvalue weighted by molar-refractivity contribution is 0.555. The molecule has 0 atom stereocenters. The van der Waals surface area contributed by atoms with Crippen molar-refractivity contribution in [3.63, 3.8) is 0 Å². The van der Waals surface area contributed by atoms with Crippen LogP contribution >= 0.6 is 22.7 Å². The molecule has 0 saturated carbocycles. The summed E-state index contributed by atoms with van der Waals surface area (Å²) in [5, 5.41) is 3.61. The molecule has 0 aromatic carbocycles. The lowest BCUT2D eigenvalue weighted by atomic mass is 10.1. The summed E-state index contributed by atoms with van der Waals surface area (Å²) in [6, 6.07) is 2.35. The van der Waals surface area contributed by atoms with Gasteiger partial charge in [-0.05, 0) is 17.9 Å². The highest BCUT2D eigenvalue weighted by Crippen LogP contribution is 2.39. The molecule has 0 amide bonds. The molecule has 0 saturated heterocycles. The minimum atomic E-state index is 0.692. The van der Waals surface area contributed by atoms with E-state index < -0.39 is 0 Å². The predicted molar refractivity (Wildman–Crippen MR) is 91.7 cm³/mol. The van der Waals surface area contributed by atoms with Gasteiger partial charge in [0.2, 0.25) is 0 Å². The van der Waals surface area contributed by atoms with E-state index in [4.69, 9.17) is 0 Å². The smallest absolute Gasteiger partial charge is 0.0929 e. The molecule has 2 heterocycles. The van der Waals surface area contributed by atoms with Crippen LogP contribution in [0.3, 0.4) is 0 Å². The maximum atomic E-state index is 3.90. The number of thiophene rings is 2. The molecular weight excluding hydrogens is 270 g/mol. The van der Waals surface area contributed by atoms with E-state index in [9.17, 15) is 0 Å². The normalized spacial score (nSPS) is 11.7. The molecular formula is C16H23NS2. The van der Waals surface area contributed by atoms with Gasteiger partial charge in [-0.25, -0.2) is 0 Å². The first kappa shape index (κ1) is 14.6. The summed E-state index contributed by atoms with van der Waals surface area (Å²) in [6.07, 6.45) is 1.97. The monoisotopic (exact) mass is 293 g/mol. The zero-order valence-electron chi connectivity index (χ0n) is 12.3. The molecule has 1 nitrogen and oxygen atoms in total. The van der Waals surface area contributed by atoms with Gasteiger partial charge in [-0.2, -0.15) is 0 Å². The van der Waals surface area contributed by atoms with E-state index in [1.165, 1.54) is 20.0 Å². The Bertz CT molecular complexity index is 538. The summed E-state index contributed by atoms with van der Waals surface area (Å²) in [6.45, 7) is 15.3. The molecule has 0 unspecified atom stereocenters. The second-order valence-corrected chi connectivity index (χ2v) is 7.81. The van der Waals surface area contributed by atoms with Gasteiger partial charge in [0.1, 0.15) is 0 Å². The number of anilines is 1. The van der Waals surface area contributed by atoms with Gasteiger partial charge in [0.05, 0.1) is 9.70 Å². The summed E-state index contributed by atoms with van der Waals surface area (Å²) in [4.78, 5) is 2.54. The third-order valence-corrected chi connectivity index (χ3v) is 5.28. The van der Waals surface area contributed by atoms with Gasteiger partial charge in [-0.3, -0.25) is 0 Å². The highest BCUT2D eigenvalue weighted by atomic mass is 32.1. The molecule has 0 spiro atoms. The van der Waals surface area contributed by atoms with Gasteiger partial charge in [0.15, 0.2) is 0 Å². The molecule has 0 aliphatic heterocycles. The van der Waals surface area contributed by atoms with E-state index in [-0.39, 0.29) is 0 Å². The molecule has 19 heavy (non-hydrogen) atoms. The standard InChI is InChI=1S/C16H23NS2/c1-6-13-10-18-14-7-15(19-16(13)14)17(8-11(2)3)9-12(4)5/h6-7,10-12H,1,8-9H2,2-5H3. The quantitative estimate of drug-likeness (QED) is 0.658. The van der Waals surface area contributed by atoms with Crippen LogP contribution in [-0.2, 0) is 0 Å². The van der Waals surface area contributed by atoms with Gasteiger partial charge in [-0.1, -0.05) is 40.3 Å². The second kappa shape index (κ2) is 6.10. The van der Waals surface area contributed by atoms with Crippen molar-refractivity contribution in [2.45, 2.75) is 27.7 Å². The second-order valence-electron chi connectivity index (χ2n) is 5.87. The summed E-state index contributed by atoms with van der Waals surface area (Å²) in [5.41, 5.74) is 1.28. The van der Waals surface area contributed by atoms with E-state index >= 15 is 0 Å². The molecule has 0 aliphatic rings. The number of hydrogen-bond acceptors (Lipinski definition) is 3. The zero-order valence-corrected chi connectivity index (χ0v) is 13.9. The fourth-order valence-electron chi connectivity index (χ4n) is 2.26. The maximum Gasteiger partial charge on any atom is 0.0929 e. The number of rotatable bonds is 6. The molecule has 3 heteroatoms. The molecule has 2 rings (SSSR count). The van der Waals surface area contributed by atoms with Crippen molar-refractivity contribution in [1.82, 2.24) is 0 Å². The Hall–Kier alpha value is -0.800. The van der Waals surface area contributed by atoms with Gasteiger partial charge in [-0.15, -0.1) is 22.7 Å². The first-order chi connectivity index (χ1) is 9.01. The van der Waals surface area contributed by atoms with Crippen molar-refractivity contribution in [2.75, 3.05) is 18.0 Å². The SMILES string of the molecule is C=Cc1csc2cc(N(CC(C)C)CC(C)C)sc12. The highest BCUT2D eigenvalue weighted by Gasteiger charge is 2.15. The van der Waals surface area contributed by atoms with Crippen LogP contribution in [0.15, 0.2) is 18.0 Å². The molecule has 0 bridgehead atoms. The predicted octanol–water partition coefficient (Wildman–Crippen LogP) is 5.72. The number of hydrogen-bond donors (Lipinski definition) is 0. The third-order valence-electron chi connectivity index (χ3n) is 2.96. The maximum absolute atomic E-state index is 3.90. The Morgan fingerprint density at radius 3 is 2.37 bits per heavy atom. The average Bonchev–Trinajstić information content (AvgIpc) is 2.85. The number of nitrogens with zero attached hydrogens (tertiary/aromatic N) is 1. The van der Waals surface area contributed by atoms with E-state index in [0.717, 1.165) is 13.1 Å². The number of fused-ring (bicyclic) bond motifs is 1. The van der Waals surface area contributed by atoms with Crippen LogP contribution in [0.1, 0.15) is 33.3 Å². The summed E-state index contributed by atoms with van der Waals surface area (Å²) < 4.78 is 2.79. The van der Waals surface area contributed by atoms with Crippen LogP contribution in [0, 0.1) is 11.8 Å². The lowest BCUT2D eigenvalue weighted by Gasteiger charge is -2.26. The largest absolute Gasteiger partial charge is 0.363 e. The van der Waals surface area contributed by atoms with Crippen LogP contribution in [0.2, 0.25) is 0 Å². The lowest BCUT2D eigenvalue weighted by Crippen LogP contribution is -2.30. The van der Waals surface area contributed by atoms with Gasteiger partial charge < -0.3 is 4.90 Å². The Balaban J connectivity index is 2.32. The molecule has 104 valence electrons. The Labute approximate surface area is 124 Å². The minimum absolute atomic E-state index is 0.692. The van der Waals surface area contributed by atoms with Crippen molar-refractivity contribution in [2.24, 2.45) is 11.8 Å². The van der Waals surface area contributed by atoms with Crippen molar-refractivity contribution in [3.05, 3.63) is 23.6 Å². The summed E-state index contributed by atoms with van der Waals surface area (Å²) in [7, 11) is 0. The Morgan fingerprint density at radius 1 is 1.21 bits per heavy atom. The van der Waals surface area contributed by atoms with Crippen molar-refractivity contribution in [3.8, 4) is 0 Å². The average molecular weight is 294 g/mol. The van der Waals surface area contributed by atoms with Crippen molar-refractivity contribution < 1.29 is 0 Å². The first-order valence-corrected chi connectivity index (χ1v) is 8.59. The van der Waals surface area contributed by atoms with Crippen LogP contribution in [0.5, 0.6) is 0 Å². The third kappa shape index (κ3) is 3.40. The first-order valence-electron chi connectivity index (χ1n) is 6.89. The van der Waals surface area contributed by atoms with Crippen LogP contribution in [0.25, 0.3) is 15.5 Å². The molecule has 0 fully saturated rings. The minimum Gasteiger partial charge on any atom is -0.363 e. The van der Waals surface area contributed by atoms with Crippen molar-refractivity contribution >= 4 is 43.2 Å². The highest BCUT2D eigenvalue weighted by molar-refractivity contribution is 7.29. The van der Waals surface area contributed by atoms with Gasteiger partial charge in [0, 0.05) is 28.7 Å². The van der Waals surface area contributed by atoms with E-state index in [0.29, 0.717) is 11.8 Å². The van der Waals surface area contributed by atoms with E-state index in [1.807, 2.05) is 28.7 Å². The Morgan fingerprint density at radius 2 is 1.84 bits per heavy atom. The van der Waals surface area contributed by atoms with E-state index in [1.54, 1.807) is 0 Å².